The van der Waals surface area contributed by atoms with Crippen molar-refractivity contribution in [1.82, 2.24) is 15.3 Å². The quantitative estimate of drug-likeness (QED) is 0.848. The van der Waals surface area contributed by atoms with Crippen molar-refractivity contribution < 1.29 is 4.74 Å². The largest absolute Gasteiger partial charge is 0.492 e. The number of nitrogens with one attached hydrogen (secondary N) is 1. The van der Waals surface area contributed by atoms with Gasteiger partial charge in [0.15, 0.2) is 0 Å². The molecular weight excluding hydrogens is 262 g/mol. The standard InChI is InChI=1S/C17H23N3O/c1-4-8-19-17(14-7-6-13(3)20-11-14)15-9-16(21-5-2)12-18-10-15/h6-7,9-12,17,19H,4-5,8H2,1-3H3. The summed E-state index contributed by atoms with van der Waals surface area (Å²) >= 11 is 0. The summed E-state index contributed by atoms with van der Waals surface area (Å²) in [5, 5.41) is 3.56. The van der Waals surface area contributed by atoms with Gasteiger partial charge in [-0.3, -0.25) is 9.97 Å². The zero-order chi connectivity index (χ0) is 15.1. The molecule has 4 nitrogen and oxygen atoms in total. The Hall–Kier alpha value is -1.94. The van der Waals surface area contributed by atoms with Gasteiger partial charge in [0.2, 0.25) is 0 Å². The van der Waals surface area contributed by atoms with E-state index in [9.17, 15) is 0 Å². The second-order valence-corrected chi connectivity index (χ2v) is 5.01. The van der Waals surface area contributed by atoms with Crippen LogP contribution in [0.3, 0.4) is 0 Å². The molecule has 0 aliphatic carbocycles. The molecule has 2 aromatic rings. The third kappa shape index (κ3) is 4.26. The van der Waals surface area contributed by atoms with Crippen LogP contribution in [-0.4, -0.2) is 23.1 Å². The predicted octanol–water partition coefficient (Wildman–Crippen LogP) is 3.27. The predicted molar refractivity (Wildman–Crippen MR) is 84.5 cm³/mol. The summed E-state index contributed by atoms with van der Waals surface area (Å²) in [6.45, 7) is 7.72. The third-order valence-corrected chi connectivity index (χ3v) is 3.24. The fourth-order valence-electron chi connectivity index (χ4n) is 2.21. The first-order chi connectivity index (χ1) is 10.2. The smallest absolute Gasteiger partial charge is 0.137 e. The molecule has 2 aromatic heterocycles. The molecule has 0 saturated carbocycles. The molecule has 0 fully saturated rings. The van der Waals surface area contributed by atoms with Gasteiger partial charge in [0.25, 0.3) is 0 Å². The van der Waals surface area contributed by atoms with Crippen molar-refractivity contribution in [2.75, 3.05) is 13.2 Å². The molecule has 0 bridgehead atoms. The molecule has 0 amide bonds. The Bertz CT molecular complexity index is 554. The van der Waals surface area contributed by atoms with Crippen LogP contribution in [-0.2, 0) is 0 Å². The minimum atomic E-state index is 0.0888. The number of aromatic nitrogens is 2. The van der Waals surface area contributed by atoms with E-state index < -0.39 is 0 Å². The zero-order valence-corrected chi connectivity index (χ0v) is 13.0. The summed E-state index contributed by atoms with van der Waals surface area (Å²) < 4.78 is 5.55. The molecule has 0 aliphatic heterocycles. The lowest BCUT2D eigenvalue weighted by Crippen LogP contribution is -2.23. The number of nitrogens with zero attached hydrogens (tertiary/aromatic N) is 2. The number of hydrogen-bond acceptors (Lipinski definition) is 4. The second-order valence-electron chi connectivity index (χ2n) is 5.01. The maximum Gasteiger partial charge on any atom is 0.137 e. The number of aryl methyl sites for hydroxylation is 1. The summed E-state index contributed by atoms with van der Waals surface area (Å²) in [6.07, 6.45) is 6.64. The average molecular weight is 285 g/mol. The van der Waals surface area contributed by atoms with E-state index in [0.717, 1.165) is 35.5 Å². The van der Waals surface area contributed by atoms with E-state index in [1.54, 1.807) is 6.20 Å². The lowest BCUT2D eigenvalue weighted by atomic mass is 10.0. The van der Waals surface area contributed by atoms with Crippen LogP contribution in [0.25, 0.3) is 0 Å². The van der Waals surface area contributed by atoms with Crippen LogP contribution in [0.4, 0.5) is 0 Å². The van der Waals surface area contributed by atoms with Gasteiger partial charge in [0, 0.05) is 18.1 Å². The lowest BCUT2D eigenvalue weighted by molar-refractivity contribution is 0.338. The van der Waals surface area contributed by atoms with Crippen molar-refractivity contribution in [2.24, 2.45) is 0 Å². The zero-order valence-electron chi connectivity index (χ0n) is 13.0. The van der Waals surface area contributed by atoms with Gasteiger partial charge in [-0.05, 0) is 50.1 Å². The SMILES string of the molecule is CCCNC(c1ccc(C)nc1)c1cncc(OCC)c1. The summed E-state index contributed by atoms with van der Waals surface area (Å²) in [7, 11) is 0. The number of hydrogen-bond donors (Lipinski definition) is 1. The third-order valence-electron chi connectivity index (χ3n) is 3.24. The highest BCUT2D eigenvalue weighted by Crippen LogP contribution is 2.24. The van der Waals surface area contributed by atoms with E-state index in [2.05, 4.69) is 28.3 Å². The Morgan fingerprint density at radius 1 is 1.14 bits per heavy atom. The summed E-state index contributed by atoms with van der Waals surface area (Å²) in [5.41, 5.74) is 3.26. The highest BCUT2D eigenvalue weighted by Gasteiger charge is 2.15. The molecule has 21 heavy (non-hydrogen) atoms. The fraction of sp³-hybridized carbons (Fsp3) is 0.412. The van der Waals surface area contributed by atoms with Gasteiger partial charge in [-0.25, -0.2) is 0 Å². The molecule has 2 heterocycles. The molecule has 0 saturated heterocycles. The monoisotopic (exact) mass is 285 g/mol. The molecule has 112 valence electrons. The first-order valence-corrected chi connectivity index (χ1v) is 7.48. The molecule has 1 unspecified atom stereocenters. The molecule has 0 aliphatic rings. The van der Waals surface area contributed by atoms with Gasteiger partial charge in [0.05, 0.1) is 18.8 Å². The second kappa shape index (κ2) is 7.74. The van der Waals surface area contributed by atoms with Gasteiger partial charge in [-0.15, -0.1) is 0 Å². The Balaban J connectivity index is 2.30. The first kappa shape index (κ1) is 15.4. The normalized spacial score (nSPS) is 12.1. The van der Waals surface area contributed by atoms with Gasteiger partial charge in [-0.2, -0.15) is 0 Å². The molecule has 0 radical (unpaired) electrons. The average Bonchev–Trinajstić information content (AvgIpc) is 2.50. The topological polar surface area (TPSA) is 47.0 Å². The summed E-state index contributed by atoms with van der Waals surface area (Å²) in [6, 6.07) is 6.29. The van der Waals surface area contributed by atoms with Crippen LogP contribution in [0.2, 0.25) is 0 Å². The van der Waals surface area contributed by atoms with E-state index >= 15 is 0 Å². The molecule has 4 heteroatoms. The Kier molecular flexibility index (Phi) is 5.69. The van der Waals surface area contributed by atoms with Crippen molar-refractivity contribution in [3.05, 3.63) is 53.6 Å². The highest BCUT2D eigenvalue weighted by molar-refractivity contribution is 5.33. The van der Waals surface area contributed by atoms with Gasteiger partial charge >= 0.3 is 0 Å². The molecule has 0 aromatic carbocycles. The van der Waals surface area contributed by atoms with Crippen LogP contribution < -0.4 is 10.1 Å². The van der Waals surface area contributed by atoms with Crippen molar-refractivity contribution in [3.63, 3.8) is 0 Å². The fourth-order valence-corrected chi connectivity index (χ4v) is 2.21. The van der Waals surface area contributed by atoms with Crippen LogP contribution in [0.5, 0.6) is 5.75 Å². The van der Waals surface area contributed by atoms with Crippen molar-refractivity contribution in [1.29, 1.82) is 0 Å². The van der Waals surface area contributed by atoms with E-state index in [0.29, 0.717) is 6.61 Å². The van der Waals surface area contributed by atoms with Crippen molar-refractivity contribution in [3.8, 4) is 5.75 Å². The lowest BCUT2D eigenvalue weighted by Gasteiger charge is -2.19. The Morgan fingerprint density at radius 2 is 2.00 bits per heavy atom. The van der Waals surface area contributed by atoms with Crippen molar-refractivity contribution in [2.45, 2.75) is 33.2 Å². The molecule has 0 spiro atoms. The molecule has 2 rings (SSSR count). The Morgan fingerprint density at radius 3 is 2.67 bits per heavy atom. The van der Waals surface area contributed by atoms with Gasteiger partial charge < -0.3 is 10.1 Å². The first-order valence-electron chi connectivity index (χ1n) is 7.48. The molecular formula is C17H23N3O. The molecule has 1 atom stereocenters. The van der Waals surface area contributed by atoms with Crippen molar-refractivity contribution >= 4 is 0 Å². The van der Waals surface area contributed by atoms with Crippen LogP contribution in [0.1, 0.15) is 43.1 Å². The van der Waals surface area contributed by atoms with E-state index in [1.807, 2.05) is 38.4 Å². The van der Waals surface area contributed by atoms with E-state index in [1.165, 1.54) is 0 Å². The summed E-state index contributed by atoms with van der Waals surface area (Å²) in [4.78, 5) is 8.69. The minimum Gasteiger partial charge on any atom is -0.492 e. The maximum absolute atomic E-state index is 5.55. The minimum absolute atomic E-state index is 0.0888. The Labute approximate surface area is 126 Å². The number of pyridine rings is 2. The van der Waals surface area contributed by atoms with E-state index in [4.69, 9.17) is 4.74 Å². The number of rotatable bonds is 7. The van der Waals surface area contributed by atoms with Crippen LogP contribution in [0, 0.1) is 6.92 Å². The van der Waals surface area contributed by atoms with Crippen LogP contribution in [0.15, 0.2) is 36.8 Å². The maximum atomic E-state index is 5.55. The van der Waals surface area contributed by atoms with Gasteiger partial charge in [-0.1, -0.05) is 13.0 Å². The number of ether oxygens (including phenoxy) is 1. The summed E-state index contributed by atoms with van der Waals surface area (Å²) in [5.74, 6) is 0.804. The van der Waals surface area contributed by atoms with Crippen LogP contribution >= 0.6 is 0 Å². The molecule has 1 N–H and O–H groups in total. The highest BCUT2D eigenvalue weighted by atomic mass is 16.5. The van der Waals surface area contributed by atoms with E-state index in [-0.39, 0.29) is 6.04 Å². The van der Waals surface area contributed by atoms with Gasteiger partial charge in [0.1, 0.15) is 5.75 Å².